The number of imide groups is 1. The molecule has 3 aromatic rings. The lowest BCUT2D eigenvalue weighted by molar-refractivity contribution is 0.0639. The van der Waals surface area contributed by atoms with Crippen molar-refractivity contribution in [3.05, 3.63) is 87.9 Å². The normalized spacial score (nSPS) is 15.2. The fourth-order valence-electron chi connectivity index (χ4n) is 4.93. The van der Waals surface area contributed by atoms with E-state index in [0.29, 0.717) is 70.6 Å². The van der Waals surface area contributed by atoms with Crippen LogP contribution in [0.2, 0.25) is 5.02 Å². The van der Waals surface area contributed by atoms with Crippen LogP contribution in [0.15, 0.2) is 60.7 Å². The molecule has 2 aliphatic heterocycles. The summed E-state index contributed by atoms with van der Waals surface area (Å²) in [6.07, 6.45) is 0. The SMILES string of the molecule is COc1cccc(CN2C(=O)c3cccc(N4CCN(C(=O)c5ccccc5Cl)CC4)c3C2=O)c1OC. The van der Waals surface area contributed by atoms with Crippen LogP contribution in [0.1, 0.15) is 36.6 Å². The van der Waals surface area contributed by atoms with E-state index in [0.717, 1.165) is 0 Å². The van der Waals surface area contributed by atoms with E-state index in [1.807, 2.05) is 6.07 Å². The second kappa shape index (κ2) is 10.1. The van der Waals surface area contributed by atoms with Gasteiger partial charge in [0.1, 0.15) is 0 Å². The van der Waals surface area contributed by atoms with Crippen LogP contribution >= 0.6 is 11.6 Å². The molecule has 0 bridgehead atoms. The van der Waals surface area contributed by atoms with E-state index >= 15 is 0 Å². The molecule has 0 saturated carbocycles. The van der Waals surface area contributed by atoms with Crippen molar-refractivity contribution in [3.63, 3.8) is 0 Å². The summed E-state index contributed by atoms with van der Waals surface area (Å²) in [4.78, 5) is 44.8. The Labute approximate surface area is 219 Å². The number of ether oxygens (including phenoxy) is 2. The van der Waals surface area contributed by atoms with Gasteiger partial charge in [-0.15, -0.1) is 0 Å². The summed E-state index contributed by atoms with van der Waals surface area (Å²) in [5.74, 6) is 0.199. The van der Waals surface area contributed by atoms with E-state index in [-0.39, 0.29) is 24.3 Å². The lowest BCUT2D eigenvalue weighted by atomic mass is 10.1. The van der Waals surface area contributed by atoms with Gasteiger partial charge in [-0.1, -0.05) is 41.9 Å². The number of methoxy groups -OCH3 is 2. The first-order chi connectivity index (χ1) is 17.9. The number of fused-ring (bicyclic) bond motifs is 1. The lowest BCUT2D eigenvalue weighted by Gasteiger charge is -2.36. The zero-order valence-electron chi connectivity index (χ0n) is 20.6. The number of anilines is 1. The standard InChI is InChI=1S/C28H26ClN3O5/c1-36-23-12-5-7-18(25(23)37-2)17-32-27(34)20-9-6-11-22(24(20)28(32)35)30-13-15-31(16-14-30)26(33)19-8-3-4-10-21(19)29/h3-12H,13-17H2,1-2H3. The summed E-state index contributed by atoms with van der Waals surface area (Å²) in [7, 11) is 3.07. The van der Waals surface area contributed by atoms with Gasteiger partial charge >= 0.3 is 0 Å². The molecule has 1 fully saturated rings. The van der Waals surface area contributed by atoms with Gasteiger partial charge in [-0.25, -0.2) is 0 Å². The van der Waals surface area contributed by atoms with E-state index in [1.54, 1.807) is 59.5 Å². The van der Waals surface area contributed by atoms with E-state index < -0.39 is 0 Å². The van der Waals surface area contributed by atoms with Crippen molar-refractivity contribution in [1.82, 2.24) is 9.80 Å². The summed E-state index contributed by atoms with van der Waals surface area (Å²) >= 11 is 6.22. The quantitative estimate of drug-likeness (QED) is 0.456. The van der Waals surface area contributed by atoms with Crippen LogP contribution in [0.5, 0.6) is 11.5 Å². The monoisotopic (exact) mass is 519 g/mol. The van der Waals surface area contributed by atoms with Gasteiger partial charge in [-0.3, -0.25) is 19.3 Å². The Hall–Kier alpha value is -4.04. The molecule has 2 heterocycles. The van der Waals surface area contributed by atoms with Crippen molar-refractivity contribution in [2.24, 2.45) is 0 Å². The van der Waals surface area contributed by atoms with Crippen LogP contribution in [0, 0.1) is 0 Å². The lowest BCUT2D eigenvalue weighted by Crippen LogP contribution is -2.49. The minimum absolute atomic E-state index is 0.0618. The van der Waals surface area contributed by atoms with Crippen LogP contribution in [0.3, 0.4) is 0 Å². The summed E-state index contributed by atoms with van der Waals surface area (Å²) in [6, 6.07) is 17.7. The van der Waals surface area contributed by atoms with Crippen molar-refractivity contribution >= 4 is 35.0 Å². The third kappa shape index (κ3) is 4.38. The molecule has 3 aromatic carbocycles. The molecule has 0 aromatic heterocycles. The molecule has 5 rings (SSSR count). The Kier molecular flexibility index (Phi) is 6.76. The number of para-hydroxylation sites is 1. The molecule has 1 saturated heterocycles. The largest absolute Gasteiger partial charge is 0.493 e. The average Bonchev–Trinajstić information content (AvgIpc) is 3.17. The summed E-state index contributed by atoms with van der Waals surface area (Å²) in [6.45, 7) is 2.06. The number of hydrogen-bond acceptors (Lipinski definition) is 6. The van der Waals surface area contributed by atoms with Gasteiger partial charge in [0, 0.05) is 31.7 Å². The van der Waals surface area contributed by atoms with Crippen molar-refractivity contribution in [2.45, 2.75) is 6.54 Å². The molecule has 0 atom stereocenters. The highest BCUT2D eigenvalue weighted by atomic mass is 35.5. The molecular weight excluding hydrogens is 494 g/mol. The molecule has 0 spiro atoms. The van der Waals surface area contributed by atoms with Gasteiger partial charge in [0.25, 0.3) is 17.7 Å². The Balaban J connectivity index is 1.36. The second-order valence-electron chi connectivity index (χ2n) is 8.81. The van der Waals surface area contributed by atoms with Gasteiger partial charge in [0.05, 0.1) is 48.2 Å². The predicted molar refractivity (Wildman–Crippen MR) is 140 cm³/mol. The van der Waals surface area contributed by atoms with E-state index in [4.69, 9.17) is 21.1 Å². The third-order valence-corrected chi connectivity index (χ3v) is 7.13. The number of benzene rings is 3. The molecule has 0 aliphatic carbocycles. The van der Waals surface area contributed by atoms with Crippen LogP contribution in [-0.4, -0.2) is 67.9 Å². The summed E-state index contributed by atoms with van der Waals surface area (Å²) in [5.41, 5.74) is 2.60. The highest BCUT2D eigenvalue weighted by Crippen LogP contribution is 2.36. The molecule has 9 heteroatoms. The Morgan fingerprint density at radius 1 is 0.865 bits per heavy atom. The number of rotatable bonds is 6. The molecule has 2 aliphatic rings. The Morgan fingerprint density at radius 3 is 2.30 bits per heavy atom. The Bertz CT molecular complexity index is 1380. The molecular formula is C28H26ClN3O5. The molecule has 0 radical (unpaired) electrons. The Morgan fingerprint density at radius 2 is 1.59 bits per heavy atom. The van der Waals surface area contributed by atoms with Crippen LogP contribution in [0.4, 0.5) is 5.69 Å². The molecule has 0 unspecified atom stereocenters. The fraction of sp³-hybridized carbons (Fsp3) is 0.250. The minimum atomic E-state index is -0.352. The van der Waals surface area contributed by atoms with Gasteiger partial charge in [0.2, 0.25) is 0 Å². The number of amides is 3. The van der Waals surface area contributed by atoms with E-state index in [9.17, 15) is 14.4 Å². The van der Waals surface area contributed by atoms with Crippen LogP contribution < -0.4 is 14.4 Å². The molecule has 190 valence electrons. The number of halogens is 1. The highest BCUT2D eigenvalue weighted by Gasteiger charge is 2.39. The van der Waals surface area contributed by atoms with Gasteiger partial charge in [0.15, 0.2) is 11.5 Å². The predicted octanol–water partition coefficient (Wildman–Crippen LogP) is 4.12. The maximum atomic E-state index is 13.6. The molecule has 3 amide bonds. The van der Waals surface area contributed by atoms with Gasteiger partial charge < -0.3 is 19.3 Å². The first-order valence-electron chi connectivity index (χ1n) is 11.9. The van der Waals surface area contributed by atoms with Crippen molar-refractivity contribution < 1.29 is 23.9 Å². The number of carbonyl (C=O) groups is 3. The van der Waals surface area contributed by atoms with Crippen LogP contribution in [-0.2, 0) is 6.54 Å². The maximum Gasteiger partial charge on any atom is 0.263 e. The molecule has 0 N–H and O–H groups in total. The summed E-state index contributed by atoms with van der Waals surface area (Å²) < 4.78 is 10.9. The first-order valence-corrected chi connectivity index (χ1v) is 12.3. The molecule has 37 heavy (non-hydrogen) atoms. The number of piperazine rings is 1. The zero-order valence-corrected chi connectivity index (χ0v) is 21.3. The zero-order chi connectivity index (χ0) is 26.1. The summed E-state index contributed by atoms with van der Waals surface area (Å²) in [5, 5.41) is 0.424. The highest BCUT2D eigenvalue weighted by molar-refractivity contribution is 6.33. The van der Waals surface area contributed by atoms with Crippen molar-refractivity contribution in [2.75, 3.05) is 45.3 Å². The topological polar surface area (TPSA) is 79.4 Å². The van der Waals surface area contributed by atoms with Gasteiger partial charge in [-0.05, 0) is 30.3 Å². The number of nitrogens with zero attached hydrogens (tertiary/aromatic N) is 3. The number of carbonyl (C=O) groups excluding carboxylic acids is 3. The van der Waals surface area contributed by atoms with E-state index in [1.165, 1.54) is 19.1 Å². The maximum absolute atomic E-state index is 13.6. The molecule has 8 nitrogen and oxygen atoms in total. The average molecular weight is 520 g/mol. The third-order valence-electron chi connectivity index (χ3n) is 6.80. The van der Waals surface area contributed by atoms with Crippen molar-refractivity contribution in [3.8, 4) is 11.5 Å². The minimum Gasteiger partial charge on any atom is -0.493 e. The van der Waals surface area contributed by atoms with E-state index in [2.05, 4.69) is 4.90 Å². The second-order valence-corrected chi connectivity index (χ2v) is 9.22. The first kappa shape index (κ1) is 24.6. The van der Waals surface area contributed by atoms with Gasteiger partial charge in [-0.2, -0.15) is 0 Å². The van der Waals surface area contributed by atoms with Crippen LogP contribution in [0.25, 0.3) is 0 Å². The fourth-order valence-corrected chi connectivity index (χ4v) is 5.14. The number of hydrogen-bond donors (Lipinski definition) is 0. The smallest absolute Gasteiger partial charge is 0.263 e. The van der Waals surface area contributed by atoms with Crippen molar-refractivity contribution in [1.29, 1.82) is 0 Å².